The summed E-state index contributed by atoms with van der Waals surface area (Å²) in [6.07, 6.45) is 1.33. The van der Waals surface area contributed by atoms with Crippen LogP contribution in [-0.2, 0) is 15.0 Å². The van der Waals surface area contributed by atoms with Gasteiger partial charge in [0, 0.05) is 31.6 Å². The molecule has 1 aliphatic rings. The van der Waals surface area contributed by atoms with Gasteiger partial charge in [0.2, 0.25) is 0 Å². The van der Waals surface area contributed by atoms with Gasteiger partial charge in [0.05, 0.1) is 0 Å². The highest BCUT2D eigenvalue weighted by atomic mass is 16.5. The molecule has 2 aromatic rings. The summed E-state index contributed by atoms with van der Waals surface area (Å²) in [6, 6.07) is 12.6. The van der Waals surface area contributed by atoms with Crippen LogP contribution in [0.4, 0.5) is 0 Å². The number of hydrogen-bond acceptors (Lipinski definition) is 5. The largest absolute Gasteiger partial charge is 0.483 e. The lowest BCUT2D eigenvalue weighted by Gasteiger charge is -2.32. The molecule has 0 aliphatic carbocycles. The van der Waals surface area contributed by atoms with Gasteiger partial charge in [-0.05, 0) is 55.0 Å². The SMILES string of the molecule is CC(=O)Oc1cccc(C(=O)N2CCC(NC(=O)COc3ccc(C)cc3C(C)(C)C)CC2)c1. The number of ether oxygens (including phenoxy) is 2. The predicted octanol–water partition coefficient (Wildman–Crippen LogP) is 4.02. The summed E-state index contributed by atoms with van der Waals surface area (Å²) < 4.78 is 10.9. The molecule has 1 heterocycles. The summed E-state index contributed by atoms with van der Waals surface area (Å²) in [4.78, 5) is 38.3. The molecule has 1 aliphatic heterocycles. The minimum absolute atomic E-state index is 0.00682. The van der Waals surface area contributed by atoms with Crippen molar-refractivity contribution in [2.24, 2.45) is 0 Å². The Morgan fingerprint density at radius 1 is 1.06 bits per heavy atom. The average molecular weight is 467 g/mol. The number of carbonyl (C=O) groups is 3. The standard InChI is InChI=1S/C27H34N2O5/c1-18-9-10-24(23(15-18)27(3,4)5)33-17-25(31)28-21-11-13-29(14-12-21)26(32)20-7-6-8-22(16-20)34-19(2)30/h6-10,15-16,21H,11-14,17H2,1-5H3,(H,28,31). The third-order valence-corrected chi connectivity index (χ3v) is 5.79. The molecule has 7 nitrogen and oxygen atoms in total. The molecule has 3 rings (SSSR count). The Morgan fingerprint density at radius 3 is 2.41 bits per heavy atom. The Balaban J connectivity index is 1.50. The molecule has 1 fully saturated rings. The Labute approximate surface area is 201 Å². The van der Waals surface area contributed by atoms with Crippen molar-refractivity contribution in [3.8, 4) is 11.5 Å². The minimum atomic E-state index is -0.429. The molecular weight excluding hydrogens is 432 g/mol. The number of nitrogens with zero attached hydrogens (tertiary/aromatic N) is 1. The van der Waals surface area contributed by atoms with Crippen LogP contribution in [-0.4, -0.2) is 48.4 Å². The molecule has 2 amide bonds. The first-order valence-corrected chi connectivity index (χ1v) is 11.6. The molecule has 0 saturated carbocycles. The van der Waals surface area contributed by atoms with Crippen molar-refractivity contribution < 1.29 is 23.9 Å². The zero-order valence-electron chi connectivity index (χ0n) is 20.6. The first-order valence-electron chi connectivity index (χ1n) is 11.6. The number of hydrogen-bond donors (Lipinski definition) is 1. The monoisotopic (exact) mass is 466 g/mol. The van der Waals surface area contributed by atoms with E-state index in [-0.39, 0.29) is 29.9 Å². The normalized spacial score (nSPS) is 14.4. The van der Waals surface area contributed by atoms with Gasteiger partial charge in [-0.2, -0.15) is 0 Å². The highest BCUT2D eigenvalue weighted by Gasteiger charge is 2.25. The number of nitrogens with one attached hydrogen (secondary N) is 1. The number of likely N-dealkylation sites (tertiary alicyclic amines) is 1. The Morgan fingerprint density at radius 2 is 1.76 bits per heavy atom. The van der Waals surface area contributed by atoms with Crippen LogP contribution in [0.1, 0.15) is 62.0 Å². The van der Waals surface area contributed by atoms with Gasteiger partial charge in [0.15, 0.2) is 6.61 Å². The van der Waals surface area contributed by atoms with E-state index in [4.69, 9.17) is 9.47 Å². The molecule has 0 atom stereocenters. The van der Waals surface area contributed by atoms with E-state index < -0.39 is 5.97 Å². The summed E-state index contributed by atoms with van der Waals surface area (Å²) in [5.41, 5.74) is 2.61. The number of carbonyl (C=O) groups excluding carboxylic acids is 3. The fourth-order valence-electron chi connectivity index (χ4n) is 4.04. The second-order valence-electron chi connectivity index (χ2n) is 9.79. The zero-order valence-corrected chi connectivity index (χ0v) is 20.6. The van der Waals surface area contributed by atoms with Crippen molar-refractivity contribution in [2.45, 2.75) is 58.9 Å². The third-order valence-electron chi connectivity index (χ3n) is 5.79. The van der Waals surface area contributed by atoms with Crippen LogP contribution in [0, 0.1) is 6.92 Å². The van der Waals surface area contributed by atoms with Gasteiger partial charge in [-0.15, -0.1) is 0 Å². The zero-order chi connectivity index (χ0) is 24.9. The lowest BCUT2D eigenvalue weighted by atomic mass is 9.85. The van der Waals surface area contributed by atoms with Crippen LogP contribution in [0.15, 0.2) is 42.5 Å². The molecule has 1 N–H and O–H groups in total. The number of aryl methyl sites for hydroxylation is 1. The Bertz CT molecular complexity index is 1050. The van der Waals surface area contributed by atoms with E-state index in [2.05, 4.69) is 32.2 Å². The number of amides is 2. The summed E-state index contributed by atoms with van der Waals surface area (Å²) in [6.45, 7) is 10.8. The van der Waals surface area contributed by atoms with Crippen LogP contribution in [0.5, 0.6) is 11.5 Å². The highest BCUT2D eigenvalue weighted by molar-refractivity contribution is 5.94. The first-order chi connectivity index (χ1) is 16.0. The number of benzene rings is 2. The van der Waals surface area contributed by atoms with Gasteiger partial charge in [-0.1, -0.05) is 44.5 Å². The first kappa shape index (κ1) is 25.3. The number of esters is 1. The van der Waals surface area contributed by atoms with E-state index in [1.807, 2.05) is 19.1 Å². The smallest absolute Gasteiger partial charge is 0.308 e. The van der Waals surface area contributed by atoms with E-state index >= 15 is 0 Å². The lowest BCUT2D eigenvalue weighted by Crippen LogP contribution is -2.47. The summed E-state index contributed by atoms with van der Waals surface area (Å²) in [7, 11) is 0. The summed E-state index contributed by atoms with van der Waals surface area (Å²) in [5, 5.41) is 3.03. The second kappa shape index (κ2) is 10.7. The average Bonchev–Trinajstić information content (AvgIpc) is 2.77. The quantitative estimate of drug-likeness (QED) is 0.514. The van der Waals surface area contributed by atoms with Crippen LogP contribution >= 0.6 is 0 Å². The summed E-state index contributed by atoms with van der Waals surface area (Å²) >= 11 is 0. The predicted molar refractivity (Wildman–Crippen MR) is 130 cm³/mol. The second-order valence-corrected chi connectivity index (χ2v) is 9.79. The molecule has 0 unspecified atom stereocenters. The van der Waals surface area contributed by atoms with E-state index in [0.29, 0.717) is 37.2 Å². The highest BCUT2D eigenvalue weighted by Crippen LogP contribution is 2.32. The molecule has 0 spiro atoms. The van der Waals surface area contributed by atoms with Crippen molar-refractivity contribution in [1.82, 2.24) is 10.2 Å². The van der Waals surface area contributed by atoms with E-state index in [1.54, 1.807) is 29.2 Å². The van der Waals surface area contributed by atoms with Crippen LogP contribution in [0.2, 0.25) is 0 Å². The molecule has 0 bridgehead atoms. The molecule has 2 aromatic carbocycles. The molecule has 0 aromatic heterocycles. The molecular formula is C27H34N2O5. The molecule has 182 valence electrons. The van der Waals surface area contributed by atoms with Gasteiger partial charge in [-0.25, -0.2) is 0 Å². The van der Waals surface area contributed by atoms with Crippen molar-refractivity contribution in [2.75, 3.05) is 19.7 Å². The lowest BCUT2D eigenvalue weighted by molar-refractivity contribution is -0.132. The van der Waals surface area contributed by atoms with Crippen molar-refractivity contribution in [3.63, 3.8) is 0 Å². The van der Waals surface area contributed by atoms with Gasteiger partial charge >= 0.3 is 5.97 Å². The maximum atomic E-state index is 12.8. The fraction of sp³-hybridized carbons (Fsp3) is 0.444. The molecule has 34 heavy (non-hydrogen) atoms. The fourth-order valence-corrected chi connectivity index (χ4v) is 4.04. The van der Waals surface area contributed by atoms with Gasteiger partial charge in [-0.3, -0.25) is 14.4 Å². The van der Waals surface area contributed by atoms with Crippen LogP contribution < -0.4 is 14.8 Å². The van der Waals surface area contributed by atoms with E-state index in [9.17, 15) is 14.4 Å². The summed E-state index contributed by atoms with van der Waals surface area (Å²) in [5.74, 6) is 0.367. The van der Waals surface area contributed by atoms with Gasteiger partial charge < -0.3 is 19.7 Å². The number of rotatable bonds is 6. The third kappa shape index (κ3) is 6.83. The van der Waals surface area contributed by atoms with E-state index in [1.165, 1.54) is 6.92 Å². The van der Waals surface area contributed by atoms with Crippen molar-refractivity contribution >= 4 is 17.8 Å². The number of piperidine rings is 1. The van der Waals surface area contributed by atoms with Gasteiger partial charge in [0.25, 0.3) is 11.8 Å². The van der Waals surface area contributed by atoms with Crippen molar-refractivity contribution in [1.29, 1.82) is 0 Å². The maximum absolute atomic E-state index is 12.8. The van der Waals surface area contributed by atoms with Crippen LogP contribution in [0.25, 0.3) is 0 Å². The topological polar surface area (TPSA) is 84.9 Å². The molecule has 1 saturated heterocycles. The maximum Gasteiger partial charge on any atom is 0.308 e. The van der Waals surface area contributed by atoms with Crippen LogP contribution in [0.3, 0.4) is 0 Å². The minimum Gasteiger partial charge on any atom is -0.483 e. The Kier molecular flexibility index (Phi) is 7.97. The van der Waals surface area contributed by atoms with E-state index in [0.717, 1.165) is 16.9 Å². The molecule has 0 radical (unpaired) electrons. The van der Waals surface area contributed by atoms with Gasteiger partial charge in [0.1, 0.15) is 11.5 Å². The van der Waals surface area contributed by atoms with Crippen molar-refractivity contribution in [3.05, 3.63) is 59.2 Å². The Hall–Kier alpha value is -3.35. The molecule has 7 heteroatoms.